The van der Waals surface area contributed by atoms with Gasteiger partial charge in [-0.1, -0.05) is 0 Å². The van der Waals surface area contributed by atoms with E-state index in [4.69, 9.17) is 5.11 Å². The van der Waals surface area contributed by atoms with Crippen LogP contribution >= 0.6 is 0 Å². The molecule has 0 saturated carbocycles. The Morgan fingerprint density at radius 2 is 2.42 bits per heavy atom. The van der Waals surface area contributed by atoms with Gasteiger partial charge in [-0.15, -0.1) is 0 Å². The van der Waals surface area contributed by atoms with E-state index in [9.17, 15) is 10.1 Å². The third-order valence-electron chi connectivity index (χ3n) is 1.42. The lowest BCUT2D eigenvalue weighted by atomic mass is 10.2. The zero-order valence-corrected chi connectivity index (χ0v) is 6.30. The molecule has 0 amide bonds. The van der Waals surface area contributed by atoms with Crippen molar-refractivity contribution in [2.24, 2.45) is 0 Å². The molecule has 0 fully saturated rings. The van der Waals surface area contributed by atoms with Gasteiger partial charge >= 0.3 is 5.82 Å². The Morgan fingerprint density at radius 1 is 1.67 bits per heavy atom. The molecule has 0 aliphatic rings. The van der Waals surface area contributed by atoms with Crippen molar-refractivity contribution in [3.8, 4) is 0 Å². The predicted octanol–water partition coefficient (Wildman–Crippen LogP) is 0.525. The zero-order valence-electron chi connectivity index (χ0n) is 6.30. The smallest absolute Gasteiger partial charge is 0.366 e. The van der Waals surface area contributed by atoms with Crippen molar-refractivity contribution in [1.82, 2.24) is 4.98 Å². The largest absolute Gasteiger partial charge is 0.396 e. The number of aliphatic hydroxyl groups excluding tert-OH is 1. The number of nitro groups is 1. The fourth-order valence-corrected chi connectivity index (χ4v) is 0.910. The van der Waals surface area contributed by atoms with Gasteiger partial charge in [0.25, 0.3) is 0 Å². The SMILES string of the molecule is O=[N+]([O-])c1ncccc1CCO. The first kappa shape index (κ1) is 8.61. The lowest BCUT2D eigenvalue weighted by molar-refractivity contribution is -0.390. The minimum atomic E-state index is -0.551. The summed E-state index contributed by atoms with van der Waals surface area (Å²) in [5.41, 5.74) is 0.463. The van der Waals surface area contributed by atoms with Gasteiger partial charge < -0.3 is 15.2 Å². The Balaban J connectivity index is 3.00. The summed E-state index contributed by atoms with van der Waals surface area (Å²) in [7, 11) is 0. The molecule has 0 saturated heterocycles. The Labute approximate surface area is 68.8 Å². The van der Waals surface area contributed by atoms with Crippen molar-refractivity contribution in [3.05, 3.63) is 34.0 Å². The molecular weight excluding hydrogens is 160 g/mol. The van der Waals surface area contributed by atoms with Crippen LogP contribution in [-0.2, 0) is 6.42 Å². The van der Waals surface area contributed by atoms with Gasteiger partial charge in [-0.2, -0.15) is 0 Å². The minimum Gasteiger partial charge on any atom is -0.396 e. The highest BCUT2D eigenvalue weighted by Crippen LogP contribution is 2.13. The van der Waals surface area contributed by atoms with Gasteiger partial charge in [0, 0.05) is 13.0 Å². The minimum absolute atomic E-state index is 0.105. The molecule has 0 atom stereocenters. The van der Waals surface area contributed by atoms with Gasteiger partial charge in [0.2, 0.25) is 0 Å². The zero-order chi connectivity index (χ0) is 8.97. The monoisotopic (exact) mass is 168 g/mol. The number of pyridine rings is 1. The molecular formula is C7H8N2O3. The van der Waals surface area contributed by atoms with Gasteiger partial charge in [-0.3, -0.25) is 0 Å². The fourth-order valence-electron chi connectivity index (χ4n) is 0.910. The van der Waals surface area contributed by atoms with Crippen LogP contribution in [0.2, 0.25) is 0 Å². The van der Waals surface area contributed by atoms with E-state index in [0.717, 1.165) is 0 Å². The van der Waals surface area contributed by atoms with E-state index in [2.05, 4.69) is 4.98 Å². The number of aliphatic hydroxyl groups is 1. The molecule has 0 aliphatic heterocycles. The number of aromatic nitrogens is 1. The van der Waals surface area contributed by atoms with Crippen LogP contribution in [0.3, 0.4) is 0 Å². The summed E-state index contributed by atoms with van der Waals surface area (Å²) in [6.45, 7) is -0.105. The molecule has 5 nitrogen and oxygen atoms in total. The third-order valence-corrected chi connectivity index (χ3v) is 1.42. The van der Waals surface area contributed by atoms with E-state index >= 15 is 0 Å². The van der Waals surface area contributed by atoms with Crippen LogP contribution in [0, 0.1) is 10.1 Å². The Morgan fingerprint density at radius 3 is 3.00 bits per heavy atom. The molecule has 1 aromatic rings. The Kier molecular flexibility index (Phi) is 2.71. The molecule has 1 N–H and O–H groups in total. The number of rotatable bonds is 3. The highest BCUT2D eigenvalue weighted by molar-refractivity contribution is 5.31. The second kappa shape index (κ2) is 3.77. The molecule has 0 spiro atoms. The lowest BCUT2D eigenvalue weighted by Gasteiger charge is -1.97. The summed E-state index contributed by atoms with van der Waals surface area (Å²) in [6.07, 6.45) is 1.63. The molecule has 1 rings (SSSR count). The quantitative estimate of drug-likeness (QED) is 0.527. The lowest BCUT2D eigenvalue weighted by Crippen LogP contribution is -1.99. The van der Waals surface area contributed by atoms with Crippen LogP contribution in [-0.4, -0.2) is 21.6 Å². The number of hydrogen-bond acceptors (Lipinski definition) is 4. The van der Waals surface area contributed by atoms with E-state index in [-0.39, 0.29) is 18.8 Å². The summed E-state index contributed by atoms with van der Waals surface area (Å²) in [5, 5.41) is 18.9. The van der Waals surface area contributed by atoms with Crippen LogP contribution in [0.4, 0.5) is 5.82 Å². The summed E-state index contributed by atoms with van der Waals surface area (Å²) in [4.78, 5) is 13.4. The van der Waals surface area contributed by atoms with Gasteiger partial charge in [0.15, 0.2) is 0 Å². The second-order valence-corrected chi connectivity index (χ2v) is 2.22. The van der Waals surface area contributed by atoms with Crippen molar-refractivity contribution in [2.45, 2.75) is 6.42 Å². The molecule has 12 heavy (non-hydrogen) atoms. The third kappa shape index (κ3) is 1.76. The standard InChI is InChI=1S/C7H8N2O3/c10-5-3-6-2-1-4-8-7(6)9(11)12/h1-2,4,10H,3,5H2. The maximum absolute atomic E-state index is 10.4. The fraction of sp³-hybridized carbons (Fsp3) is 0.286. The van der Waals surface area contributed by atoms with E-state index in [1.807, 2.05) is 0 Å². The van der Waals surface area contributed by atoms with Crippen LogP contribution < -0.4 is 0 Å². The predicted molar refractivity (Wildman–Crippen MR) is 41.7 cm³/mol. The highest BCUT2D eigenvalue weighted by atomic mass is 16.6. The molecule has 0 unspecified atom stereocenters. The molecule has 0 bridgehead atoms. The van der Waals surface area contributed by atoms with E-state index in [0.29, 0.717) is 5.56 Å². The van der Waals surface area contributed by atoms with E-state index in [1.165, 1.54) is 6.20 Å². The van der Waals surface area contributed by atoms with Crippen molar-refractivity contribution in [1.29, 1.82) is 0 Å². The van der Waals surface area contributed by atoms with Crippen LogP contribution in [0.15, 0.2) is 18.3 Å². The second-order valence-electron chi connectivity index (χ2n) is 2.22. The summed E-state index contributed by atoms with van der Waals surface area (Å²) in [5.74, 6) is -0.174. The van der Waals surface area contributed by atoms with Crippen LogP contribution in [0.25, 0.3) is 0 Å². The van der Waals surface area contributed by atoms with Crippen LogP contribution in [0.1, 0.15) is 5.56 Å². The summed E-state index contributed by atoms with van der Waals surface area (Å²) < 4.78 is 0. The number of hydrogen-bond donors (Lipinski definition) is 1. The Bertz CT molecular complexity index is 288. The van der Waals surface area contributed by atoms with E-state index < -0.39 is 4.92 Å². The van der Waals surface area contributed by atoms with Gasteiger partial charge in [-0.25, -0.2) is 0 Å². The first-order valence-corrected chi connectivity index (χ1v) is 3.45. The van der Waals surface area contributed by atoms with Crippen molar-refractivity contribution in [3.63, 3.8) is 0 Å². The number of nitrogens with zero attached hydrogens (tertiary/aromatic N) is 2. The van der Waals surface area contributed by atoms with E-state index in [1.54, 1.807) is 12.1 Å². The average molecular weight is 168 g/mol. The molecule has 5 heteroatoms. The average Bonchev–Trinajstić information content (AvgIpc) is 2.05. The van der Waals surface area contributed by atoms with Crippen molar-refractivity contribution < 1.29 is 10.0 Å². The van der Waals surface area contributed by atoms with Crippen molar-refractivity contribution in [2.75, 3.05) is 6.61 Å². The summed E-state index contributed by atoms with van der Waals surface area (Å²) in [6, 6.07) is 3.19. The molecule has 0 aromatic carbocycles. The van der Waals surface area contributed by atoms with Crippen LogP contribution in [0.5, 0.6) is 0 Å². The van der Waals surface area contributed by atoms with Gasteiger partial charge in [0.1, 0.15) is 6.20 Å². The maximum Gasteiger partial charge on any atom is 0.366 e. The first-order valence-electron chi connectivity index (χ1n) is 3.45. The maximum atomic E-state index is 10.4. The molecule has 1 aromatic heterocycles. The normalized spacial score (nSPS) is 9.75. The molecule has 0 aliphatic carbocycles. The van der Waals surface area contributed by atoms with Gasteiger partial charge in [0.05, 0.1) is 5.56 Å². The molecule has 1 heterocycles. The van der Waals surface area contributed by atoms with Gasteiger partial charge in [-0.05, 0) is 22.0 Å². The Hall–Kier alpha value is -1.49. The van der Waals surface area contributed by atoms with Crippen molar-refractivity contribution >= 4 is 5.82 Å². The summed E-state index contributed by atoms with van der Waals surface area (Å²) >= 11 is 0. The topological polar surface area (TPSA) is 76.3 Å². The molecule has 64 valence electrons. The first-order chi connectivity index (χ1) is 5.75. The highest BCUT2D eigenvalue weighted by Gasteiger charge is 2.12. The molecule has 0 radical (unpaired) electrons.